The summed E-state index contributed by atoms with van der Waals surface area (Å²) in [5, 5.41) is 3.17. The number of amides is 1. The maximum Gasteiger partial charge on any atom is 0.254 e. The van der Waals surface area contributed by atoms with Crippen LogP contribution in [-0.2, 0) is 0 Å². The van der Waals surface area contributed by atoms with Crippen molar-refractivity contribution in [3.05, 3.63) is 29.8 Å². The van der Waals surface area contributed by atoms with E-state index in [0.29, 0.717) is 6.04 Å². The van der Waals surface area contributed by atoms with Gasteiger partial charge >= 0.3 is 0 Å². The summed E-state index contributed by atoms with van der Waals surface area (Å²) in [5.41, 5.74) is 0.754. The number of unbranched alkanes of at least 4 members (excludes halogenated alkanes) is 2. The topological polar surface area (TPSA) is 41.6 Å². The first kappa shape index (κ1) is 16.8. The predicted molar refractivity (Wildman–Crippen MR) is 89.4 cm³/mol. The van der Waals surface area contributed by atoms with E-state index < -0.39 is 0 Å². The summed E-state index contributed by atoms with van der Waals surface area (Å²) in [6.07, 6.45) is 5.65. The Bertz CT molecular complexity index is 459. The highest BCUT2D eigenvalue weighted by molar-refractivity contribution is 5.94. The quantitative estimate of drug-likeness (QED) is 0.750. The van der Waals surface area contributed by atoms with Gasteiger partial charge in [0.15, 0.2) is 0 Å². The lowest BCUT2D eigenvalue weighted by atomic mass is 10.1. The average Bonchev–Trinajstić information content (AvgIpc) is 3.00. The van der Waals surface area contributed by atoms with E-state index in [1.165, 1.54) is 12.8 Å². The molecule has 1 aromatic carbocycles. The van der Waals surface area contributed by atoms with Crippen molar-refractivity contribution in [1.82, 2.24) is 10.2 Å². The summed E-state index contributed by atoms with van der Waals surface area (Å²) in [6.45, 7) is 4.66. The summed E-state index contributed by atoms with van der Waals surface area (Å²) in [4.78, 5) is 14.6. The zero-order valence-corrected chi connectivity index (χ0v) is 13.8. The molecule has 1 unspecified atom stereocenters. The Morgan fingerprint density at radius 2 is 2.09 bits per heavy atom. The molecule has 1 aliphatic heterocycles. The molecule has 1 N–H and O–H groups in total. The number of likely N-dealkylation sites (N-methyl/N-ethyl adjacent to an activating group) is 1. The summed E-state index contributed by atoms with van der Waals surface area (Å²) in [6, 6.07) is 7.89. The van der Waals surface area contributed by atoms with Crippen LogP contribution >= 0.6 is 0 Å². The van der Waals surface area contributed by atoms with Crippen LogP contribution in [0.2, 0.25) is 0 Å². The minimum atomic E-state index is 0.135. The molecule has 4 nitrogen and oxygen atoms in total. The third-order valence-corrected chi connectivity index (χ3v) is 4.20. The zero-order valence-electron chi connectivity index (χ0n) is 13.8. The van der Waals surface area contributed by atoms with Crippen molar-refractivity contribution in [1.29, 1.82) is 0 Å². The molecule has 1 aromatic rings. The number of ether oxygens (including phenoxy) is 1. The second-order valence-corrected chi connectivity index (χ2v) is 5.93. The molecule has 1 atom stereocenters. The van der Waals surface area contributed by atoms with Crippen molar-refractivity contribution >= 4 is 5.91 Å². The maximum atomic E-state index is 12.6. The first-order chi connectivity index (χ1) is 10.8. The van der Waals surface area contributed by atoms with Crippen LogP contribution in [0.3, 0.4) is 0 Å². The number of likely N-dealkylation sites (tertiary alicyclic amines) is 1. The molecule has 1 fully saturated rings. The van der Waals surface area contributed by atoms with Gasteiger partial charge in [0.2, 0.25) is 0 Å². The van der Waals surface area contributed by atoms with Gasteiger partial charge in [-0.1, -0.05) is 19.8 Å². The molecule has 0 aromatic heterocycles. The van der Waals surface area contributed by atoms with Crippen LogP contribution in [-0.4, -0.2) is 43.6 Å². The highest BCUT2D eigenvalue weighted by Crippen LogP contribution is 2.21. The summed E-state index contributed by atoms with van der Waals surface area (Å²) in [7, 11) is 1.94. The number of carbonyl (C=O) groups is 1. The molecule has 0 aliphatic carbocycles. The van der Waals surface area contributed by atoms with Crippen LogP contribution < -0.4 is 10.1 Å². The smallest absolute Gasteiger partial charge is 0.254 e. The van der Waals surface area contributed by atoms with Gasteiger partial charge in [0.1, 0.15) is 5.75 Å². The first-order valence-electron chi connectivity index (χ1n) is 8.44. The fraction of sp³-hybridized carbons (Fsp3) is 0.611. The van der Waals surface area contributed by atoms with E-state index >= 15 is 0 Å². The Balaban J connectivity index is 1.90. The number of nitrogens with one attached hydrogen (secondary N) is 1. The maximum absolute atomic E-state index is 12.6. The SMILES string of the molecule is CCCCCOc1ccc(C(=O)N2CCCC2CNC)cc1. The minimum Gasteiger partial charge on any atom is -0.494 e. The first-order valence-corrected chi connectivity index (χ1v) is 8.44. The van der Waals surface area contributed by atoms with Crippen molar-refractivity contribution in [3.8, 4) is 5.75 Å². The Morgan fingerprint density at radius 1 is 1.32 bits per heavy atom. The molecule has 0 spiro atoms. The molecule has 0 saturated carbocycles. The predicted octanol–water partition coefficient (Wildman–Crippen LogP) is 3.08. The normalized spacial score (nSPS) is 17.7. The number of carbonyl (C=O) groups excluding carboxylic acids is 1. The largest absolute Gasteiger partial charge is 0.494 e. The number of nitrogens with zero attached hydrogens (tertiary/aromatic N) is 1. The summed E-state index contributed by atoms with van der Waals surface area (Å²) < 4.78 is 5.69. The van der Waals surface area contributed by atoms with E-state index in [1.807, 2.05) is 36.2 Å². The second-order valence-electron chi connectivity index (χ2n) is 5.93. The van der Waals surface area contributed by atoms with Crippen LogP contribution in [0.4, 0.5) is 0 Å². The lowest BCUT2D eigenvalue weighted by molar-refractivity contribution is 0.0737. The summed E-state index contributed by atoms with van der Waals surface area (Å²) >= 11 is 0. The van der Waals surface area contributed by atoms with Crippen molar-refractivity contribution < 1.29 is 9.53 Å². The van der Waals surface area contributed by atoms with Gasteiger partial charge in [-0.3, -0.25) is 4.79 Å². The molecule has 122 valence electrons. The van der Waals surface area contributed by atoms with E-state index in [-0.39, 0.29) is 5.91 Å². The summed E-state index contributed by atoms with van der Waals surface area (Å²) in [5.74, 6) is 0.983. The third kappa shape index (κ3) is 4.47. The Morgan fingerprint density at radius 3 is 2.77 bits per heavy atom. The minimum absolute atomic E-state index is 0.135. The molecule has 1 heterocycles. The van der Waals surface area contributed by atoms with Crippen molar-refractivity contribution in [2.45, 2.75) is 45.1 Å². The molecule has 22 heavy (non-hydrogen) atoms. The number of hydrogen-bond donors (Lipinski definition) is 1. The van der Waals surface area contributed by atoms with Crippen LogP contribution in [0, 0.1) is 0 Å². The highest BCUT2D eigenvalue weighted by Gasteiger charge is 2.28. The number of rotatable bonds is 8. The highest BCUT2D eigenvalue weighted by atomic mass is 16.5. The van der Waals surface area contributed by atoms with Crippen LogP contribution in [0.5, 0.6) is 5.75 Å². The van der Waals surface area contributed by atoms with E-state index in [9.17, 15) is 4.79 Å². The van der Waals surface area contributed by atoms with E-state index in [2.05, 4.69) is 12.2 Å². The molecule has 2 rings (SSSR count). The molecular formula is C18H28N2O2. The van der Waals surface area contributed by atoms with Gasteiger partial charge in [0.05, 0.1) is 6.61 Å². The lowest BCUT2D eigenvalue weighted by Crippen LogP contribution is -2.40. The van der Waals surface area contributed by atoms with Gasteiger partial charge in [-0.2, -0.15) is 0 Å². The van der Waals surface area contributed by atoms with Gasteiger partial charge in [-0.05, 0) is 50.6 Å². The molecule has 4 heteroatoms. The third-order valence-electron chi connectivity index (χ3n) is 4.20. The molecule has 0 bridgehead atoms. The molecule has 1 saturated heterocycles. The van der Waals surface area contributed by atoms with Gasteiger partial charge in [-0.15, -0.1) is 0 Å². The Labute approximate surface area is 133 Å². The fourth-order valence-corrected chi connectivity index (χ4v) is 2.95. The van der Waals surface area contributed by atoms with Crippen molar-refractivity contribution in [2.75, 3.05) is 26.7 Å². The van der Waals surface area contributed by atoms with E-state index in [4.69, 9.17) is 4.74 Å². The molecule has 1 amide bonds. The molecule has 1 aliphatic rings. The van der Waals surface area contributed by atoms with Crippen LogP contribution in [0.15, 0.2) is 24.3 Å². The second kappa shape index (κ2) is 8.79. The Kier molecular flexibility index (Phi) is 6.72. The van der Waals surface area contributed by atoms with Gasteiger partial charge < -0.3 is 15.0 Å². The van der Waals surface area contributed by atoms with Gasteiger partial charge in [0, 0.05) is 24.7 Å². The van der Waals surface area contributed by atoms with Crippen molar-refractivity contribution in [3.63, 3.8) is 0 Å². The number of hydrogen-bond acceptors (Lipinski definition) is 3. The van der Waals surface area contributed by atoms with Gasteiger partial charge in [-0.25, -0.2) is 0 Å². The Hall–Kier alpha value is -1.55. The van der Waals surface area contributed by atoms with E-state index in [1.54, 1.807) is 0 Å². The van der Waals surface area contributed by atoms with Gasteiger partial charge in [0.25, 0.3) is 5.91 Å². The number of benzene rings is 1. The monoisotopic (exact) mass is 304 g/mol. The van der Waals surface area contributed by atoms with E-state index in [0.717, 1.165) is 50.3 Å². The lowest BCUT2D eigenvalue weighted by Gasteiger charge is -2.24. The average molecular weight is 304 g/mol. The fourth-order valence-electron chi connectivity index (χ4n) is 2.95. The van der Waals surface area contributed by atoms with Crippen LogP contribution in [0.25, 0.3) is 0 Å². The van der Waals surface area contributed by atoms with Crippen molar-refractivity contribution in [2.24, 2.45) is 0 Å². The van der Waals surface area contributed by atoms with Crippen LogP contribution in [0.1, 0.15) is 49.4 Å². The molecule has 0 radical (unpaired) electrons. The standard InChI is InChI=1S/C18H28N2O2/c1-3-4-5-13-22-17-10-8-15(9-11-17)18(21)20-12-6-7-16(20)14-19-2/h8-11,16,19H,3-7,12-14H2,1-2H3. The molecular weight excluding hydrogens is 276 g/mol. The zero-order chi connectivity index (χ0) is 15.8.